The smallest absolute Gasteiger partial charge is 0.161 e. The fraction of sp³-hybridized carbons (Fsp3) is 0.621. The summed E-state index contributed by atoms with van der Waals surface area (Å²) < 4.78 is 5.94. The second-order valence-electron chi connectivity index (χ2n) is 11.8. The summed E-state index contributed by atoms with van der Waals surface area (Å²) in [4.78, 5) is 31.8. The van der Waals surface area contributed by atoms with Crippen molar-refractivity contribution < 1.29 is 14.3 Å². The quantitative estimate of drug-likeness (QED) is 0.429. The van der Waals surface area contributed by atoms with Crippen LogP contribution in [0.2, 0.25) is 0 Å². The van der Waals surface area contributed by atoms with Crippen molar-refractivity contribution in [3.05, 3.63) is 41.1 Å². The molecule has 0 N–H and O–H groups in total. The summed E-state index contributed by atoms with van der Waals surface area (Å²) in [7, 11) is 0. The number of ether oxygens (including phenoxy) is 1. The zero-order valence-electron chi connectivity index (χ0n) is 21.0. The number of allylic oxidation sites excluding steroid dienone is 2. The van der Waals surface area contributed by atoms with Gasteiger partial charge in [-0.1, -0.05) is 66.0 Å². The first-order valence-electron chi connectivity index (χ1n) is 12.7. The van der Waals surface area contributed by atoms with Crippen molar-refractivity contribution in [1.29, 1.82) is 0 Å². The third-order valence-electron chi connectivity index (χ3n) is 7.34. The number of fused-ring (bicyclic) bond motifs is 1. The molecule has 1 aromatic rings. The van der Waals surface area contributed by atoms with Gasteiger partial charge in [-0.25, -0.2) is 0 Å². The van der Waals surface area contributed by atoms with Gasteiger partial charge in [0.05, 0.1) is 12.5 Å². The van der Waals surface area contributed by atoms with E-state index in [0.717, 1.165) is 54.2 Å². The Morgan fingerprint density at radius 2 is 1.58 bits per heavy atom. The van der Waals surface area contributed by atoms with Crippen molar-refractivity contribution in [2.24, 2.45) is 21.7 Å². The molecule has 1 aromatic carbocycles. The number of benzene rings is 1. The number of hydrogen-bond acceptors (Lipinski definition) is 4. The molecule has 1 saturated carbocycles. The van der Waals surface area contributed by atoms with Crippen molar-refractivity contribution in [3.63, 3.8) is 0 Å². The summed E-state index contributed by atoms with van der Waals surface area (Å²) in [6.07, 6.45) is 7.35. The first-order chi connectivity index (χ1) is 15.6. The third kappa shape index (κ3) is 5.15. The van der Waals surface area contributed by atoms with Crippen molar-refractivity contribution in [2.75, 3.05) is 6.61 Å². The van der Waals surface area contributed by atoms with E-state index in [4.69, 9.17) is 9.73 Å². The molecule has 178 valence electrons. The normalized spacial score (nSPS) is 25.9. The standard InChI is InChI=1S/C29H39NO3/c1-6-7-8-9-14-33-20-12-10-19(11-13-20)25-26-21(15-28(2,3)17-23(26)31)30-22-16-29(4,5)18-24(32)27(22)25/h10-13,25-26H,6-9,14-18H2,1-5H3/t25-,26?/m1/s1. The topological polar surface area (TPSA) is 55.7 Å². The number of rotatable bonds is 7. The Morgan fingerprint density at radius 3 is 2.27 bits per heavy atom. The molecule has 4 heteroatoms. The Bertz CT molecular complexity index is 981. The van der Waals surface area contributed by atoms with Crippen molar-refractivity contribution in [1.82, 2.24) is 0 Å². The maximum atomic E-state index is 13.4. The predicted molar refractivity (Wildman–Crippen MR) is 133 cm³/mol. The van der Waals surface area contributed by atoms with Crippen LogP contribution in [-0.4, -0.2) is 23.9 Å². The van der Waals surface area contributed by atoms with Gasteiger partial charge in [0.15, 0.2) is 5.78 Å². The summed E-state index contributed by atoms with van der Waals surface area (Å²) in [5.41, 5.74) is 3.51. The Balaban J connectivity index is 1.65. The maximum absolute atomic E-state index is 13.4. The van der Waals surface area contributed by atoms with Gasteiger partial charge in [-0.05, 0) is 47.8 Å². The fourth-order valence-electron chi connectivity index (χ4n) is 5.86. The van der Waals surface area contributed by atoms with Gasteiger partial charge >= 0.3 is 0 Å². The minimum atomic E-state index is -0.317. The lowest BCUT2D eigenvalue weighted by Crippen LogP contribution is -2.45. The summed E-state index contributed by atoms with van der Waals surface area (Å²) in [5.74, 6) is 0.681. The molecular weight excluding hydrogens is 410 g/mol. The van der Waals surface area contributed by atoms with Gasteiger partial charge in [0.1, 0.15) is 11.5 Å². The van der Waals surface area contributed by atoms with Crippen LogP contribution in [0.5, 0.6) is 5.75 Å². The minimum Gasteiger partial charge on any atom is -0.494 e. The summed E-state index contributed by atoms with van der Waals surface area (Å²) in [6.45, 7) is 11.5. The second kappa shape index (κ2) is 9.19. The molecule has 4 nitrogen and oxygen atoms in total. The highest BCUT2D eigenvalue weighted by Crippen LogP contribution is 2.51. The number of aliphatic imine (C=N–C) groups is 1. The summed E-state index contributed by atoms with van der Waals surface area (Å²) in [6, 6.07) is 8.10. The number of hydrogen-bond donors (Lipinski definition) is 0. The van der Waals surface area contributed by atoms with Crippen LogP contribution in [0.25, 0.3) is 0 Å². The molecule has 0 bridgehead atoms. The van der Waals surface area contributed by atoms with E-state index in [-0.39, 0.29) is 34.2 Å². The van der Waals surface area contributed by atoms with Gasteiger partial charge in [0, 0.05) is 35.7 Å². The average Bonchev–Trinajstić information content (AvgIpc) is 2.71. The monoisotopic (exact) mass is 449 g/mol. The minimum absolute atomic E-state index is 0.0846. The SMILES string of the molecule is CCCCCCOc1ccc([C@H]2C3=C(CC(C)(C)CC3=O)N=C3CC(C)(C)CC(=O)C32)cc1. The Hall–Kier alpha value is -2.23. The summed E-state index contributed by atoms with van der Waals surface area (Å²) >= 11 is 0. The molecule has 1 aliphatic heterocycles. The van der Waals surface area contributed by atoms with E-state index in [0.29, 0.717) is 12.8 Å². The van der Waals surface area contributed by atoms with E-state index < -0.39 is 0 Å². The van der Waals surface area contributed by atoms with E-state index in [9.17, 15) is 9.59 Å². The van der Waals surface area contributed by atoms with Crippen LogP contribution < -0.4 is 4.74 Å². The second-order valence-corrected chi connectivity index (χ2v) is 11.8. The number of ketones is 2. The van der Waals surface area contributed by atoms with Crippen LogP contribution in [-0.2, 0) is 9.59 Å². The molecule has 0 aromatic heterocycles. The highest BCUT2D eigenvalue weighted by atomic mass is 16.5. The molecular formula is C29H39NO3. The van der Waals surface area contributed by atoms with E-state index in [1.54, 1.807) is 0 Å². The van der Waals surface area contributed by atoms with Crippen LogP contribution >= 0.6 is 0 Å². The molecule has 3 aliphatic rings. The Kier molecular flexibility index (Phi) is 6.66. The lowest BCUT2D eigenvalue weighted by atomic mass is 9.60. The van der Waals surface area contributed by atoms with Crippen LogP contribution in [0.1, 0.15) is 97.5 Å². The molecule has 1 heterocycles. The first-order valence-corrected chi connectivity index (χ1v) is 12.7. The average molecular weight is 450 g/mol. The maximum Gasteiger partial charge on any atom is 0.161 e. The predicted octanol–water partition coefficient (Wildman–Crippen LogP) is 6.83. The molecule has 0 radical (unpaired) electrons. The highest BCUT2D eigenvalue weighted by molar-refractivity contribution is 6.13. The van der Waals surface area contributed by atoms with Gasteiger partial charge in [-0.2, -0.15) is 0 Å². The van der Waals surface area contributed by atoms with E-state index >= 15 is 0 Å². The highest BCUT2D eigenvalue weighted by Gasteiger charge is 2.49. The number of Topliss-reactive ketones (excluding diaryl/α,β-unsaturated/α-hetero) is 2. The van der Waals surface area contributed by atoms with E-state index in [1.165, 1.54) is 19.3 Å². The first kappa shape index (κ1) is 23.9. The van der Waals surface area contributed by atoms with E-state index in [1.807, 2.05) is 12.1 Å². The van der Waals surface area contributed by atoms with Crippen LogP contribution in [0.3, 0.4) is 0 Å². The van der Waals surface area contributed by atoms with Crippen LogP contribution in [0.15, 0.2) is 40.5 Å². The van der Waals surface area contributed by atoms with Gasteiger partial charge in [0.2, 0.25) is 0 Å². The van der Waals surface area contributed by atoms with Gasteiger partial charge in [-0.15, -0.1) is 0 Å². The van der Waals surface area contributed by atoms with Gasteiger partial charge in [0.25, 0.3) is 0 Å². The Labute approximate surface area is 198 Å². The lowest BCUT2D eigenvalue weighted by Gasteiger charge is -2.44. The number of unbranched alkanes of at least 4 members (excludes halogenated alkanes) is 3. The molecule has 1 unspecified atom stereocenters. The molecule has 33 heavy (non-hydrogen) atoms. The van der Waals surface area contributed by atoms with Crippen molar-refractivity contribution in [2.45, 2.75) is 91.9 Å². The van der Waals surface area contributed by atoms with Gasteiger partial charge < -0.3 is 4.74 Å². The third-order valence-corrected chi connectivity index (χ3v) is 7.34. The molecule has 0 spiro atoms. The Morgan fingerprint density at radius 1 is 0.879 bits per heavy atom. The molecule has 1 fully saturated rings. The summed E-state index contributed by atoms with van der Waals surface area (Å²) in [5, 5.41) is 0. The van der Waals surface area contributed by atoms with E-state index in [2.05, 4.69) is 46.8 Å². The van der Waals surface area contributed by atoms with Gasteiger partial charge in [-0.3, -0.25) is 14.6 Å². The zero-order chi connectivity index (χ0) is 23.8. The fourth-order valence-corrected chi connectivity index (χ4v) is 5.86. The number of carbonyl (C=O) groups excluding carboxylic acids is 2. The largest absolute Gasteiger partial charge is 0.494 e. The van der Waals surface area contributed by atoms with Crippen molar-refractivity contribution in [3.8, 4) is 5.75 Å². The molecule has 2 atom stereocenters. The molecule has 0 amide bonds. The molecule has 0 saturated heterocycles. The van der Waals surface area contributed by atoms with Crippen LogP contribution in [0.4, 0.5) is 0 Å². The number of nitrogens with zero attached hydrogens (tertiary/aromatic N) is 1. The number of carbonyl (C=O) groups is 2. The molecule has 2 aliphatic carbocycles. The van der Waals surface area contributed by atoms with Crippen molar-refractivity contribution >= 4 is 17.3 Å². The lowest BCUT2D eigenvalue weighted by molar-refractivity contribution is -0.124. The van der Waals surface area contributed by atoms with Crippen LogP contribution in [0, 0.1) is 16.7 Å². The zero-order valence-corrected chi connectivity index (χ0v) is 21.0. The molecule has 4 rings (SSSR count).